The highest BCUT2D eigenvalue weighted by atomic mass is 32.1. The number of nitrogens with one attached hydrogen (secondary N) is 1. The van der Waals surface area contributed by atoms with Crippen LogP contribution in [0.4, 0.5) is 0 Å². The van der Waals surface area contributed by atoms with Crippen molar-refractivity contribution in [1.29, 1.82) is 0 Å². The van der Waals surface area contributed by atoms with Gasteiger partial charge in [0.2, 0.25) is 0 Å². The maximum absolute atomic E-state index is 12.5. The van der Waals surface area contributed by atoms with E-state index < -0.39 is 12.1 Å². The van der Waals surface area contributed by atoms with Crippen molar-refractivity contribution in [3.8, 4) is 0 Å². The van der Waals surface area contributed by atoms with Crippen LogP contribution in [0.15, 0.2) is 24.3 Å². The Labute approximate surface area is 131 Å². The second-order valence-electron chi connectivity index (χ2n) is 4.65. The van der Waals surface area contributed by atoms with Gasteiger partial charge in [0.05, 0.1) is 11.6 Å². The van der Waals surface area contributed by atoms with E-state index in [0.717, 1.165) is 5.56 Å². The quantitative estimate of drug-likeness (QED) is 0.758. The topological polar surface area (TPSA) is 52.6 Å². The van der Waals surface area contributed by atoms with E-state index >= 15 is 0 Å². The lowest BCUT2D eigenvalue weighted by Gasteiger charge is -2.34. The molecule has 0 spiro atoms. The molecule has 0 aliphatic carbocycles. The van der Waals surface area contributed by atoms with Gasteiger partial charge < -0.3 is 10.4 Å². The average molecular weight is 322 g/mol. The molecule has 2 aliphatic heterocycles. The Kier molecular flexibility index (Phi) is 3.37. The first-order chi connectivity index (χ1) is 9.50. The number of hydrogen-bond acceptors (Lipinski definition) is 5. The van der Waals surface area contributed by atoms with E-state index in [4.69, 9.17) is 36.7 Å². The number of piperidine rings is 1. The molecular formula is C13H10N2O2S3. The number of rotatable bonds is 1. The van der Waals surface area contributed by atoms with E-state index in [2.05, 4.69) is 5.32 Å². The molecule has 1 amide bonds. The molecule has 2 aliphatic rings. The predicted molar refractivity (Wildman–Crippen MR) is 87.1 cm³/mol. The first-order valence-corrected chi connectivity index (χ1v) is 7.23. The molecule has 0 saturated carbocycles. The summed E-state index contributed by atoms with van der Waals surface area (Å²) in [7, 11) is 0. The summed E-state index contributed by atoms with van der Waals surface area (Å²) in [4.78, 5) is 15.1. The lowest BCUT2D eigenvalue weighted by atomic mass is 10.0. The molecule has 2 heterocycles. The third kappa shape index (κ3) is 1.98. The number of hydrogen-bond donors (Lipinski definition) is 2. The first-order valence-electron chi connectivity index (χ1n) is 6.00. The third-order valence-corrected chi connectivity index (χ3v) is 4.60. The summed E-state index contributed by atoms with van der Waals surface area (Å²) >= 11 is 15.6. The van der Waals surface area contributed by atoms with E-state index in [0.29, 0.717) is 20.5 Å². The van der Waals surface area contributed by atoms with Crippen molar-refractivity contribution in [2.24, 2.45) is 0 Å². The van der Waals surface area contributed by atoms with Crippen LogP contribution >= 0.6 is 36.7 Å². The number of amides is 1. The van der Waals surface area contributed by atoms with Gasteiger partial charge in [-0.15, -0.1) is 0 Å². The number of benzene rings is 1. The number of aliphatic hydroxyl groups is 1. The van der Waals surface area contributed by atoms with Crippen LogP contribution in [0.5, 0.6) is 0 Å². The van der Waals surface area contributed by atoms with Crippen LogP contribution in [0, 0.1) is 0 Å². The van der Waals surface area contributed by atoms with Crippen molar-refractivity contribution in [3.05, 3.63) is 35.4 Å². The fraction of sp³-hybridized carbons (Fsp3) is 0.231. The largest absolute Gasteiger partial charge is 0.386 e. The number of carbonyl (C=O) groups excluding carboxylic acids is 1. The van der Waals surface area contributed by atoms with Gasteiger partial charge in [0.1, 0.15) is 21.1 Å². The van der Waals surface area contributed by atoms with Gasteiger partial charge >= 0.3 is 0 Å². The average Bonchev–Trinajstić information content (AvgIpc) is 2.68. The Hall–Kier alpha value is -1.28. The Bertz CT molecular complexity index is 624. The summed E-state index contributed by atoms with van der Waals surface area (Å²) in [6.45, 7) is 0. The van der Waals surface area contributed by atoms with Crippen molar-refractivity contribution >= 4 is 57.5 Å². The summed E-state index contributed by atoms with van der Waals surface area (Å²) in [5, 5.41) is 12.7. The fourth-order valence-electron chi connectivity index (χ4n) is 2.43. The lowest BCUT2D eigenvalue weighted by molar-refractivity contribution is 0.0823. The van der Waals surface area contributed by atoms with E-state index in [1.807, 2.05) is 12.1 Å². The molecular weight excluding hydrogens is 312 g/mol. The zero-order valence-corrected chi connectivity index (χ0v) is 12.6. The second kappa shape index (κ2) is 4.92. The standard InChI is InChI=1S/C13H10N2O2S3/c16-9-5-8(10(18)14-11(9)19)15-12(17)6-3-1-2-4-7(6)13(15)20/h1-4,8-9,16H,5H2,(H,14,18,19). The Morgan fingerprint density at radius 2 is 1.80 bits per heavy atom. The maximum atomic E-state index is 12.5. The minimum atomic E-state index is -0.819. The van der Waals surface area contributed by atoms with Crippen molar-refractivity contribution in [1.82, 2.24) is 10.2 Å². The first kappa shape index (κ1) is 13.7. The van der Waals surface area contributed by atoms with Crippen LogP contribution in [0.1, 0.15) is 22.3 Å². The van der Waals surface area contributed by atoms with Crippen LogP contribution in [0.3, 0.4) is 0 Å². The normalized spacial score (nSPS) is 25.8. The Morgan fingerprint density at radius 3 is 2.45 bits per heavy atom. The van der Waals surface area contributed by atoms with E-state index in [1.165, 1.54) is 4.90 Å². The van der Waals surface area contributed by atoms with Gasteiger partial charge in [-0.05, 0) is 6.07 Å². The van der Waals surface area contributed by atoms with E-state index in [9.17, 15) is 9.90 Å². The molecule has 2 N–H and O–H groups in total. The summed E-state index contributed by atoms with van der Waals surface area (Å²) in [5.74, 6) is -0.181. The van der Waals surface area contributed by atoms with Gasteiger partial charge in [-0.3, -0.25) is 9.69 Å². The van der Waals surface area contributed by atoms with Gasteiger partial charge in [-0.1, -0.05) is 54.9 Å². The van der Waals surface area contributed by atoms with Gasteiger partial charge in [0, 0.05) is 12.0 Å². The summed E-state index contributed by atoms with van der Waals surface area (Å²) in [6.07, 6.45) is -0.550. The van der Waals surface area contributed by atoms with Crippen LogP contribution in [0.25, 0.3) is 0 Å². The maximum Gasteiger partial charge on any atom is 0.260 e. The van der Waals surface area contributed by atoms with Crippen molar-refractivity contribution in [3.63, 3.8) is 0 Å². The SMILES string of the molecule is O=C1c2ccccc2C(=S)N1C1CC(O)C(=S)NC1=S. The van der Waals surface area contributed by atoms with E-state index in [-0.39, 0.29) is 12.3 Å². The minimum absolute atomic E-state index is 0.181. The molecule has 1 saturated heterocycles. The summed E-state index contributed by atoms with van der Waals surface area (Å²) < 4.78 is 0. The molecule has 4 nitrogen and oxygen atoms in total. The molecule has 0 radical (unpaired) electrons. The lowest BCUT2D eigenvalue weighted by Crippen LogP contribution is -2.57. The van der Waals surface area contributed by atoms with Crippen molar-refractivity contribution in [2.45, 2.75) is 18.6 Å². The van der Waals surface area contributed by atoms with Crippen LogP contribution in [0.2, 0.25) is 0 Å². The summed E-state index contributed by atoms with van der Waals surface area (Å²) in [6, 6.07) is 6.73. The number of fused-ring (bicyclic) bond motifs is 1. The Balaban J connectivity index is 1.97. The molecule has 0 bridgehead atoms. The van der Waals surface area contributed by atoms with Crippen LogP contribution < -0.4 is 5.32 Å². The number of thiocarbonyl (C=S) groups is 3. The van der Waals surface area contributed by atoms with Gasteiger partial charge in [0.25, 0.3) is 5.91 Å². The Morgan fingerprint density at radius 1 is 1.15 bits per heavy atom. The van der Waals surface area contributed by atoms with Crippen LogP contribution in [-0.2, 0) is 0 Å². The molecule has 1 fully saturated rings. The molecule has 7 heteroatoms. The van der Waals surface area contributed by atoms with E-state index in [1.54, 1.807) is 12.1 Å². The fourth-order valence-corrected chi connectivity index (χ4v) is 3.40. The molecule has 102 valence electrons. The van der Waals surface area contributed by atoms with Gasteiger partial charge in [-0.25, -0.2) is 0 Å². The number of carbonyl (C=O) groups is 1. The zero-order chi connectivity index (χ0) is 14.4. The number of nitrogens with zero attached hydrogens (tertiary/aromatic N) is 1. The third-order valence-electron chi connectivity index (χ3n) is 3.44. The summed E-state index contributed by atoms with van der Waals surface area (Å²) in [5.41, 5.74) is 1.31. The molecule has 1 aromatic carbocycles. The smallest absolute Gasteiger partial charge is 0.260 e. The van der Waals surface area contributed by atoms with Crippen molar-refractivity contribution in [2.75, 3.05) is 0 Å². The van der Waals surface area contributed by atoms with Gasteiger partial charge in [0.15, 0.2) is 0 Å². The molecule has 2 unspecified atom stereocenters. The highest BCUT2D eigenvalue weighted by Gasteiger charge is 2.42. The molecule has 1 aromatic rings. The van der Waals surface area contributed by atoms with Crippen LogP contribution in [-0.4, -0.2) is 43.0 Å². The molecule has 20 heavy (non-hydrogen) atoms. The number of aliphatic hydroxyl groups excluding tert-OH is 1. The molecule has 2 atom stereocenters. The highest BCUT2D eigenvalue weighted by Crippen LogP contribution is 2.28. The molecule has 3 rings (SSSR count). The minimum Gasteiger partial charge on any atom is -0.386 e. The predicted octanol–water partition coefficient (Wildman–Crippen LogP) is 1.20. The highest BCUT2D eigenvalue weighted by molar-refractivity contribution is 7.82. The molecule has 0 aromatic heterocycles. The monoisotopic (exact) mass is 322 g/mol. The second-order valence-corrected chi connectivity index (χ2v) is 5.91. The zero-order valence-electron chi connectivity index (χ0n) is 10.2. The van der Waals surface area contributed by atoms with Gasteiger partial charge in [-0.2, -0.15) is 0 Å². The van der Waals surface area contributed by atoms with Crippen molar-refractivity contribution < 1.29 is 9.90 Å².